The Bertz CT molecular complexity index is 715. The van der Waals surface area contributed by atoms with E-state index in [4.69, 9.17) is 10.00 Å². The number of carbonyl (C=O) groups is 1. The van der Waals surface area contributed by atoms with Gasteiger partial charge in [0.2, 0.25) is 0 Å². The highest BCUT2D eigenvalue weighted by atomic mass is 16.5. The number of benzene rings is 2. The number of rotatable bonds is 5. The van der Waals surface area contributed by atoms with E-state index in [9.17, 15) is 4.79 Å². The van der Waals surface area contributed by atoms with E-state index in [1.54, 1.807) is 24.3 Å². The number of ether oxygens (including phenoxy) is 1. The maximum atomic E-state index is 11.6. The van der Waals surface area contributed by atoms with Gasteiger partial charge in [-0.3, -0.25) is 4.79 Å². The van der Waals surface area contributed by atoms with Crippen molar-refractivity contribution >= 4 is 12.1 Å². The monoisotopic (exact) mass is 293 g/mol. The summed E-state index contributed by atoms with van der Waals surface area (Å²) in [4.78, 5) is 11.6. The lowest BCUT2D eigenvalue weighted by molar-refractivity contribution is -0.123. The molecule has 0 saturated heterocycles. The highest BCUT2D eigenvalue weighted by molar-refractivity contribution is 5.83. The van der Waals surface area contributed by atoms with E-state index in [2.05, 4.69) is 10.5 Å². The van der Waals surface area contributed by atoms with Crippen molar-refractivity contribution in [2.75, 3.05) is 6.61 Å². The number of amides is 1. The molecule has 0 aromatic heterocycles. The Morgan fingerprint density at radius 3 is 2.68 bits per heavy atom. The van der Waals surface area contributed by atoms with E-state index in [-0.39, 0.29) is 12.5 Å². The average Bonchev–Trinajstić information content (AvgIpc) is 2.55. The Kier molecular flexibility index (Phi) is 5.27. The Hall–Kier alpha value is -3.13. The van der Waals surface area contributed by atoms with Gasteiger partial charge < -0.3 is 4.74 Å². The number of nitriles is 1. The maximum absolute atomic E-state index is 11.6. The molecule has 0 radical (unpaired) electrons. The van der Waals surface area contributed by atoms with E-state index in [0.717, 1.165) is 11.1 Å². The average molecular weight is 293 g/mol. The van der Waals surface area contributed by atoms with Crippen LogP contribution in [0.2, 0.25) is 0 Å². The summed E-state index contributed by atoms with van der Waals surface area (Å²) < 4.78 is 5.41. The van der Waals surface area contributed by atoms with Crippen molar-refractivity contribution in [1.82, 2.24) is 5.43 Å². The first-order valence-electron chi connectivity index (χ1n) is 6.69. The van der Waals surface area contributed by atoms with Gasteiger partial charge in [0.15, 0.2) is 6.61 Å². The normalized spacial score (nSPS) is 10.2. The second-order valence-corrected chi connectivity index (χ2v) is 4.58. The van der Waals surface area contributed by atoms with Gasteiger partial charge in [-0.15, -0.1) is 0 Å². The Morgan fingerprint density at radius 2 is 2.00 bits per heavy atom. The number of hydrazone groups is 1. The van der Waals surface area contributed by atoms with Gasteiger partial charge in [0.25, 0.3) is 5.91 Å². The summed E-state index contributed by atoms with van der Waals surface area (Å²) in [6, 6.07) is 16.4. The number of nitrogens with one attached hydrogen (secondary N) is 1. The van der Waals surface area contributed by atoms with Crippen LogP contribution in [0.1, 0.15) is 16.7 Å². The molecule has 0 heterocycles. The van der Waals surface area contributed by atoms with E-state index in [1.807, 2.05) is 37.3 Å². The standard InChI is InChI=1S/C17H15N3O2/c1-13-4-2-3-5-16(13)22-12-17(21)20-19-11-15-8-6-14(10-18)7-9-15/h2-9,11H,12H2,1H3,(H,20,21). The van der Waals surface area contributed by atoms with Crippen molar-refractivity contribution in [3.8, 4) is 11.8 Å². The van der Waals surface area contributed by atoms with Gasteiger partial charge >= 0.3 is 0 Å². The van der Waals surface area contributed by atoms with Crippen LogP contribution in [0.15, 0.2) is 53.6 Å². The molecule has 0 bridgehead atoms. The first kappa shape index (κ1) is 15.3. The fraction of sp³-hybridized carbons (Fsp3) is 0.118. The second-order valence-electron chi connectivity index (χ2n) is 4.58. The smallest absolute Gasteiger partial charge is 0.277 e. The highest BCUT2D eigenvalue weighted by Gasteiger charge is 2.02. The van der Waals surface area contributed by atoms with Crippen molar-refractivity contribution in [2.24, 2.45) is 5.10 Å². The van der Waals surface area contributed by atoms with Gasteiger partial charge in [-0.1, -0.05) is 30.3 Å². The number of nitrogens with zero attached hydrogens (tertiary/aromatic N) is 2. The van der Waals surface area contributed by atoms with Crippen molar-refractivity contribution in [3.05, 3.63) is 65.2 Å². The van der Waals surface area contributed by atoms with Gasteiger partial charge in [-0.25, -0.2) is 5.43 Å². The molecule has 22 heavy (non-hydrogen) atoms. The molecule has 2 aromatic carbocycles. The van der Waals surface area contributed by atoms with Crippen molar-refractivity contribution < 1.29 is 9.53 Å². The third kappa shape index (κ3) is 4.46. The van der Waals surface area contributed by atoms with Crippen LogP contribution in [-0.4, -0.2) is 18.7 Å². The summed E-state index contributed by atoms with van der Waals surface area (Å²) in [5, 5.41) is 12.5. The molecule has 0 aliphatic carbocycles. The number of hydrogen-bond acceptors (Lipinski definition) is 4. The molecule has 0 aliphatic rings. The third-order valence-corrected chi connectivity index (χ3v) is 2.90. The zero-order valence-corrected chi connectivity index (χ0v) is 12.1. The molecule has 110 valence electrons. The van der Waals surface area contributed by atoms with Crippen molar-refractivity contribution in [2.45, 2.75) is 6.92 Å². The highest BCUT2D eigenvalue weighted by Crippen LogP contribution is 2.15. The number of hydrogen-bond donors (Lipinski definition) is 1. The SMILES string of the molecule is Cc1ccccc1OCC(=O)NN=Cc1ccc(C#N)cc1. The summed E-state index contributed by atoms with van der Waals surface area (Å²) >= 11 is 0. The molecular formula is C17H15N3O2. The van der Waals surface area contributed by atoms with Crippen LogP contribution in [0.25, 0.3) is 0 Å². The topological polar surface area (TPSA) is 74.5 Å². The minimum atomic E-state index is -0.340. The molecule has 0 aliphatic heterocycles. The molecule has 0 unspecified atom stereocenters. The summed E-state index contributed by atoms with van der Waals surface area (Å²) in [7, 11) is 0. The van der Waals surface area contributed by atoms with Gasteiger partial charge in [0.1, 0.15) is 5.75 Å². The molecule has 1 amide bonds. The Morgan fingerprint density at radius 1 is 1.27 bits per heavy atom. The molecule has 5 heteroatoms. The quantitative estimate of drug-likeness (QED) is 0.679. The summed E-state index contributed by atoms with van der Waals surface area (Å²) in [5.74, 6) is 0.335. The minimum absolute atomic E-state index is 0.102. The summed E-state index contributed by atoms with van der Waals surface area (Å²) in [6.45, 7) is 1.81. The first-order valence-corrected chi connectivity index (χ1v) is 6.69. The second kappa shape index (κ2) is 7.60. The number of para-hydroxylation sites is 1. The lowest BCUT2D eigenvalue weighted by Crippen LogP contribution is -2.24. The van der Waals surface area contributed by atoms with Crippen LogP contribution in [0, 0.1) is 18.3 Å². The molecule has 0 spiro atoms. The molecular weight excluding hydrogens is 278 g/mol. The van der Waals surface area contributed by atoms with Gasteiger partial charge in [-0.2, -0.15) is 10.4 Å². The van der Waals surface area contributed by atoms with E-state index in [0.29, 0.717) is 11.3 Å². The fourth-order valence-corrected chi connectivity index (χ4v) is 1.72. The van der Waals surface area contributed by atoms with E-state index in [1.165, 1.54) is 6.21 Å². The number of carbonyl (C=O) groups excluding carboxylic acids is 1. The van der Waals surface area contributed by atoms with E-state index < -0.39 is 0 Å². The first-order chi connectivity index (χ1) is 10.7. The molecule has 1 N–H and O–H groups in total. The molecule has 2 aromatic rings. The fourth-order valence-electron chi connectivity index (χ4n) is 1.72. The van der Waals surface area contributed by atoms with Crippen LogP contribution >= 0.6 is 0 Å². The zero-order chi connectivity index (χ0) is 15.8. The Balaban J connectivity index is 1.81. The largest absolute Gasteiger partial charge is 0.483 e. The predicted molar refractivity (Wildman–Crippen MR) is 83.6 cm³/mol. The molecule has 0 fully saturated rings. The molecule has 5 nitrogen and oxygen atoms in total. The van der Waals surface area contributed by atoms with Crippen LogP contribution in [0.5, 0.6) is 5.75 Å². The van der Waals surface area contributed by atoms with Crippen LogP contribution < -0.4 is 10.2 Å². The van der Waals surface area contributed by atoms with Gasteiger partial charge in [0, 0.05) is 0 Å². The van der Waals surface area contributed by atoms with Crippen molar-refractivity contribution in [1.29, 1.82) is 5.26 Å². The molecule has 0 atom stereocenters. The third-order valence-electron chi connectivity index (χ3n) is 2.90. The van der Waals surface area contributed by atoms with Gasteiger partial charge in [0.05, 0.1) is 17.8 Å². The van der Waals surface area contributed by atoms with Gasteiger partial charge in [-0.05, 0) is 36.2 Å². The maximum Gasteiger partial charge on any atom is 0.277 e. The van der Waals surface area contributed by atoms with E-state index >= 15 is 0 Å². The Labute approximate surface area is 128 Å². The predicted octanol–water partition coefficient (Wildman–Crippen LogP) is 2.40. The molecule has 2 rings (SSSR count). The summed E-state index contributed by atoms with van der Waals surface area (Å²) in [5.41, 5.74) is 4.73. The summed E-state index contributed by atoms with van der Waals surface area (Å²) in [6.07, 6.45) is 1.51. The van der Waals surface area contributed by atoms with Crippen LogP contribution in [-0.2, 0) is 4.79 Å². The van der Waals surface area contributed by atoms with Crippen molar-refractivity contribution in [3.63, 3.8) is 0 Å². The lowest BCUT2D eigenvalue weighted by Gasteiger charge is -2.07. The molecule has 0 saturated carbocycles. The van der Waals surface area contributed by atoms with Crippen LogP contribution in [0.4, 0.5) is 0 Å². The lowest BCUT2D eigenvalue weighted by atomic mass is 10.2. The zero-order valence-electron chi connectivity index (χ0n) is 12.1. The minimum Gasteiger partial charge on any atom is -0.483 e. The number of aryl methyl sites for hydroxylation is 1. The van der Waals surface area contributed by atoms with Crippen LogP contribution in [0.3, 0.4) is 0 Å².